The van der Waals surface area contributed by atoms with Gasteiger partial charge in [0.1, 0.15) is 5.69 Å². The predicted octanol–water partition coefficient (Wildman–Crippen LogP) is 5.46. The van der Waals surface area contributed by atoms with E-state index in [2.05, 4.69) is 10.6 Å². The summed E-state index contributed by atoms with van der Waals surface area (Å²) in [4.78, 5) is 27.8. The third-order valence-electron chi connectivity index (χ3n) is 7.66. The van der Waals surface area contributed by atoms with Gasteiger partial charge in [0.2, 0.25) is 5.91 Å². The molecule has 4 fully saturated rings. The standard InChI is InChI=1S/C27H31F2N3O2S/c1-32(2)25-21(28)10-19(11-22(25)29)30-26(34)20-5-3-4-6-23(20)35-15-24(33)31-27-12-16-7-17(13-27)9-18(8-16)14-27/h3-6,10-11,16-18H,7-9,12-15H2,1-2H3,(H,30,34)(H,31,33). The van der Waals surface area contributed by atoms with Gasteiger partial charge in [0.15, 0.2) is 11.6 Å². The first-order valence-electron chi connectivity index (χ1n) is 12.2. The molecule has 4 saturated carbocycles. The SMILES string of the molecule is CN(C)c1c(F)cc(NC(=O)c2ccccc2SCC(=O)NC23CC4CC(CC(C4)C2)C3)cc1F. The van der Waals surface area contributed by atoms with E-state index in [1.807, 2.05) is 0 Å². The highest BCUT2D eigenvalue weighted by atomic mass is 32.2. The molecule has 6 rings (SSSR count). The molecule has 4 aliphatic rings. The number of carbonyl (C=O) groups is 2. The normalized spacial score (nSPS) is 26.5. The van der Waals surface area contributed by atoms with Crippen molar-refractivity contribution in [1.29, 1.82) is 0 Å². The van der Waals surface area contributed by atoms with Gasteiger partial charge in [-0.15, -0.1) is 11.8 Å². The number of rotatable bonds is 7. The summed E-state index contributed by atoms with van der Waals surface area (Å²) in [6, 6.07) is 9.17. The van der Waals surface area contributed by atoms with Gasteiger partial charge in [-0.05, 0) is 80.5 Å². The number of thioether (sulfide) groups is 1. The Morgan fingerprint density at radius 1 is 1.00 bits per heavy atom. The van der Waals surface area contributed by atoms with E-state index in [1.54, 1.807) is 38.4 Å². The molecule has 2 aromatic rings. The van der Waals surface area contributed by atoms with Crippen LogP contribution in [0, 0.1) is 29.4 Å². The van der Waals surface area contributed by atoms with Crippen LogP contribution in [0.5, 0.6) is 0 Å². The van der Waals surface area contributed by atoms with Gasteiger partial charge in [0, 0.05) is 30.2 Å². The number of hydrogen-bond acceptors (Lipinski definition) is 4. The van der Waals surface area contributed by atoms with E-state index in [9.17, 15) is 18.4 Å². The summed E-state index contributed by atoms with van der Waals surface area (Å²) in [5.74, 6) is 0.470. The lowest BCUT2D eigenvalue weighted by molar-refractivity contribution is -0.124. The third kappa shape index (κ3) is 5.03. The van der Waals surface area contributed by atoms with Crippen LogP contribution in [0.2, 0.25) is 0 Å². The highest BCUT2D eigenvalue weighted by Gasteiger charge is 2.51. The molecule has 0 atom stereocenters. The molecule has 4 aliphatic carbocycles. The lowest BCUT2D eigenvalue weighted by atomic mass is 9.53. The Labute approximate surface area is 209 Å². The van der Waals surface area contributed by atoms with E-state index in [0.29, 0.717) is 10.5 Å². The van der Waals surface area contributed by atoms with Crippen molar-refractivity contribution in [2.24, 2.45) is 17.8 Å². The number of benzene rings is 2. The first-order valence-corrected chi connectivity index (χ1v) is 13.2. The van der Waals surface area contributed by atoms with E-state index >= 15 is 0 Å². The number of anilines is 2. The summed E-state index contributed by atoms with van der Waals surface area (Å²) in [7, 11) is 3.10. The average molecular weight is 500 g/mol. The Kier molecular flexibility index (Phi) is 6.51. The van der Waals surface area contributed by atoms with Crippen molar-refractivity contribution in [3.63, 3.8) is 0 Å². The monoisotopic (exact) mass is 499 g/mol. The molecule has 8 heteroatoms. The topological polar surface area (TPSA) is 61.4 Å². The van der Waals surface area contributed by atoms with Gasteiger partial charge in [-0.2, -0.15) is 0 Å². The van der Waals surface area contributed by atoms with Crippen LogP contribution in [-0.4, -0.2) is 37.2 Å². The van der Waals surface area contributed by atoms with Crippen molar-refractivity contribution in [2.45, 2.75) is 49.0 Å². The van der Waals surface area contributed by atoms with Crippen molar-refractivity contribution in [3.05, 3.63) is 53.6 Å². The Balaban J connectivity index is 1.23. The van der Waals surface area contributed by atoms with Gasteiger partial charge in [-0.1, -0.05) is 12.1 Å². The minimum atomic E-state index is -0.755. The highest BCUT2D eigenvalue weighted by Crippen LogP contribution is 2.55. The van der Waals surface area contributed by atoms with Crippen LogP contribution < -0.4 is 15.5 Å². The van der Waals surface area contributed by atoms with Crippen LogP contribution in [0.25, 0.3) is 0 Å². The molecule has 4 bridgehead atoms. The second-order valence-electron chi connectivity index (χ2n) is 10.7. The number of halogens is 2. The van der Waals surface area contributed by atoms with Gasteiger partial charge in [-0.3, -0.25) is 9.59 Å². The lowest BCUT2D eigenvalue weighted by Crippen LogP contribution is -2.60. The summed E-state index contributed by atoms with van der Waals surface area (Å²) < 4.78 is 28.7. The van der Waals surface area contributed by atoms with Crippen molar-refractivity contribution < 1.29 is 18.4 Å². The fourth-order valence-corrected chi connectivity index (χ4v) is 7.63. The smallest absolute Gasteiger partial charge is 0.256 e. The first kappa shape index (κ1) is 24.1. The molecule has 2 aromatic carbocycles. The van der Waals surface area contributed by atoms with Crippen LogP contribution >= 0.6 is 11.8 Å². The number of carbonyl (C=O) groups excluding carboxylic acids is 2. The molecule has 2 N–H and O–H groups in total. The Bertz CT molecular complexity index is 1090. The summed E-state index contributed by atoms with van der Waals surface area (Å²) in [5.41, 5.74) is 0.187. The second-order valence-corrected chi connectivity index (χ2v) is 11.7. The van der Waals surface area contributed by atoms with Crippen LogP contribution in [0.1, 0.15) is 48.9 Å². The van der Waals surface area contributed by atoms with E-state index in [-0.39, 0.29) is 28.6 Å². The van der Waals surface area contributed by atoms with Gasteiger partial charge >= 0.3 is 0 Å². The molecule has 0 aromatic heterocycles. The molecule has 2 amide bonds. The quantitative estimate of drug-likeness (QED) is 0.497. The van der Waals surface area contributed by atoms with E-state index in [1.165, 1.54) is 35.9 Å². The summed E-state index contributed by atoms with van der Waals surface area (Å²) in [6.45, 7) is 0. The number of hydrogen-bond donors (Lipinski definition) is 2. The van der Waals surface area contributed by atoms with E-state index < -0.39 is 17.5 Å². The number of nitrogens with zero attached hydrogens (tertiary/aromatic N) is 1. The zero-order valence-electron chi connectivity index (χ0n) is 20.1. The number of amides is 2. The van der Waals surface area contributed by atoms with Crippen LogP contribution in [0.15, 0.2) is 41.3 Å². The number of nitrogens with one attached hydrogen (secondary N) is 2. The minimum absolute atomic E-state index is 0.00409. The highest BCUT2D eigenvalue weighted by molar-refractivity contribution is 8.00. The maximum Gasteiger partial charge on any atom is 0.256 e. The Morgan fingerprint density at radius 3 is 2.14 bits per heavy atom. The third-order valence-corrected chi connectivity index (χ3v) is 8.73. The van der Waals surface area contributed by atoms with Crippen LogP contribution in [0.4, 0.5) is 20.2 Å². The Morgan fingerprint density at radius 2 is 1.57 bits per heavy atom. The zero-order valence-corrected chi connectivity index (χ0v) is 20.9. The molecule has 5 nitrogen and oxygen atoms in total. The van der Waals surface area contributed by atoms with Gasteiger partial charge in [0.25, 0.3) is 5.91 Å². The van der Waals surface area contributed by atoms with Crippen LogP contribution in [0.3, 0.4) is 0 Å². The largest absolute Gasteiger partial charge is 0.373 e. The molecule has 35 heavy (non-hydrogen) atoms. The summed E-state index contributed by atoms with van der Waals surface area (Å²) >= 11 is 1.31. The molecule has 0 heterocycles. The fraction of sp³-hybridized carbons (Fsp3) is 0.481. The van der Waals surface area contributed by atoms with Crippen molar-refractivity contribution in [2.75, 3.05) is 30.1 Å². The van der Waals surface area contributed by atoms with Gasteiger partial charge < -0.3 is 15.5 Å². The molecule has 0 unspecified atom stereocenters. The maximum absolute atomic E-state index is 14.3. The predicted molar refractivity (Wildman–Crippen MR) is 135 cm³/mol. The molecule has 0 spiro atoms. The summed E-state index contributed by atoms with van der Waals surface area (Å²) in [5, 5.41) is 5.95. The zero-order chi connectivity index (χ0) is 24.7. The van der Waals surface area contributed by atoms with Crippen LogP contribution in [-0.2, 0) is 4.79 Å². The molecular weight excluding hydrogens is 468 g/mol. The molecule has 0 saturated heterocycles. The first-order chi connectivity index (χ1) is 16.7. The molecule has 186 valence electrons. The van der Waals surface area contributed by atoms with E-state index in [4.69, 9.17) is 0 Å². The average Bonchev–Trinajstić information content (AvgIpc) is 2.76. The fourth-order valence-electron chi connectivity index (χ4n) is 6.78. The molecule has 0 radical (unpaired) electrons. The minimum Gasteiger partial charge on any atom is -0.373 e. The molecular formula is C27H31F2N3O2S. The Hall–Kier alpha value is -2.61. The van der Waals surface area contributed by atoms with Gasteiger partial charge in [-0.25, -0.2) is 8.78 Å². The van der Waals surface area contributed by atoms with Gasteiger partial charge in [0.05, 0.1) is 11.3 Å². The maximum atomic E-state index is 14.3. The van der Waals surface area contributed by atoms with Crippen molar-refractivity contribution >= 4 is 35.0 Å². The molecule has 0 aliphatic heterocycles. The summed E-state index contributed by atoms with van der Waals surface area (Å²) in [6.07, 6.45) is 7.23. The second kappa shape index (κ2) is 9.45. The van der Waals surface area contributed by atoms with E-state index in [0.717, 1.165) is 49.1 Å². The lowest BCUT2D eigenvalue weighted by Gasteiger charge is -2.56. The van der Waals surface area contributed by atoms with Crippen molar-refractivity contribution in [3.8, 4) is 0 Å². The van der Waals surface area contributed by atoms with Crippen molar-refractivity contribution in [1.82, 2.24) is 5.32 Å².